The predicted octanol–water partition coefficient (Wildman–Crippen LogP) is 6.07. The largest absolute Gasteiger partial charge is 0.335 e. The molecule has 3 nitrogen and oxygen atoms in total. The van der Waals surface area contributed by atoms with Crippen molar-refractivity contribution in [2.24, 2.45) is 5.92 Å². The van der Waals surface area contributed by atoms with Gasteiger partial charge in [-0.1, -0.05) is 56.7 Å². The number of piperidine rings is 1. The van der Waals surface area contributed by atoms with Gasteiger partial charge in [0.25, 0.3) is 0 Å². The van der Waals surface area contributed by atoms with Crippen LogP contribution >= 0.6 is 0 Å². The van der Waals surface area contributed by atoms with Crippen molar-refractivity contribution < 1.29 is 9.39 Å². The summed E-state index contributed by atoms with van der Waals surface area (Å²) in [6, 6.07) is 10.4. The molecule has 0 aromatic heterocycles. The van der Waals surface area contributed by atoms with Crippen LogP contribution in [0.1, 0.15) is 79.2 Å². The molecule has 0 unspecified atom stereocenters. The molecule has 150 valence electrons. The van der Waals surface area contributed by atoms with Crippen molar-refractivity contribution in [3.63, 3.8) is 0 Å². The molecule has 0 spiro atoms. The molecule has 0 aliphatic carbocycles. The van der Waals surface area contributed by atoms with E-state index in [0.717, 1.165) is 12.8 Å². The average Bonchev–Trinajstić information content (AvgIpc) is 2.57. The minimum atomic E-state index is -0.186. The van der Waals surface area contributed by atoms with Crippen LogP contribution in [-0.4, -0.2) is 26.6 Å². The summed E-state index contributed by atoms with van der Waals surface area (Å²) in [5.41, 5.74) is 0.833. The van der Waals surface area contributed by atoms with E-state index in [9.17, 15) is 4.79 Å². The van der Waals surface area contributed by atoms with Crippen molar-refractivity contribution >= 4 is 5.91 Å². The zero-order valence-corrected chi connectivity index (χ0v) is 18.3. The Labute approximate surface area is 166 Å². The van der Waals surface area contributed by atoms with Crippen LogP contribution in [0, 0.1) is 5.92 Å². The molecular formula is C24H39N2O+. The fourth-order valence-corrected chi connectivity index (χ4v) is 6.06. The van der Waals surface area contributed by atoms with Gasteiger partial charge in [0.15, 0.2) is 0 Å². The second kappa shape index (κ2) is 8.18. The monoisotopic (exact) mass is 371 g/mol. The van der Waals surface area contributed by atoms with E-state index in [4.69, 9.17) is 0 Å². The first kappa shape index (κ1) is 21.7. The molecule has 0 saturated carbocycles. The topological polar surface area (TPSA) is 20.3 Å². The Morgan fingerprint density at radius 1 is 1.19 bits per heavy atom. The molecule has 0 atom stereocenters. The number of amides is 1. The van der Waals surface area contributed by atoms with E-state index in [1.165, 1.54) is 24.8 Å². The zero-order chi connectivity index (χ0) is 20.3. The summed E-state index contributed by atoms with van der Waals surface area (Å²) in [4.78, 5) is 13.3. The SMILES string of the molecule is C=CN(Cc1ccccc1)[N+]1(C(C)=O)C(C)(C)CC(CCCC)CC1(C)C. The molecule has 1 aromatic carbocycles. The molecule has 1 aromatic rings. The van der Waals surface area contributed by atoms with Crippen LogP contribution in [0.2, 0.25) is 0 Å². The summed E-state index contributed by atoms with van der Waals surface area (Å²) in [5.74, 6) is 0.874. The van der Waals surface area contributed by atoms with Crippen molar-refractivity contribution in [1.29, 1.82) is 0 Å². The zero-order valence-electron chi connectivity index (χ0n) is 18.3. The third-order valence-electron chi connectivity index (χ3n) is 6.53. The van der Waals surface area contributed by atoms with Crippen LogP contribution < -0.4 is 0 Å². The van der Waals surface area contributed by atoms with Gasteiger partial charge < -0.3 is 0 Å². The summed E-state index contributed by atoms with van der Waals surface area (Å²) in [5, 5.41) is 2.19. The number of carbonyl (C=O) groups is 1. The predicted molar refractivity (Wildman–Crippen MR) is 114 cm³/mol. The average molecular weight is 372 g/mol. The normalized spacial score (nSPS) is 26.4. The quantitative estimate of drug-likeness (QED) is 0.542. The highest BCUT2D eigenvalue weighted by Gasteiger charge is 2.65. The summed E-state index contributed by atoms with van der Waals surface area (Å²) in [6.07, 6.45) is 7.77. The fraction of sp³-hybridized carbons (Fsp3) is 0.625. The van der Waals surface area contributed by atoms with Gasteiger partial charge in [0.05, 0.1) is 13.5 Å². The molecule has 3 heteroatoms. The summed E-state index contributed by atoms with van der Waals surface area (Å²) < 4.78 is 0.334. The molecule has 0 radical (unpaired) electrons. The molecule has 1 saturated heterocycles. The molecule has 27 heavy (non-hydrogen) atoms. The number of carbonyl (C=O) groups excluding carboxylic acids is 1. The summed E-state index contributed by atoms with van der Waals surface area (Å²) in [7, 11) is 0. The van der Waals surface area contributed by atoms with Gasteiger partial charge >= 0.3 is 5.91 Å². The Bertz CT molecular complexity index is 630. The molecule has 1 aliphatic rings. The number of rotatable bonds is 7. The van der Waals surface area contributed by atoms with E-state index in [1.807, 2.05) is 12.3 Å². The van der Waals surface area contributed by atoms with E-state index in [-0.39, 0.29) is 17.0 Å². The van der Waals surface area contributed by atoms with Crippen LogP contribution in [-0.2, 0) is 11.3 Å². The highest BCUT2D eigenvalue weighted by atomic mass is 16.2. The van der Waals surface area contributed by atoms with E-state index in [0.29, 0.717) is 17.1 Å². The third-order valence-corrected chi connectivity index (χ3v) is 6.53. The van der Waals surface area contributed by atoms with Gasteiger partial charge in [-0.05, 0) is 45.6 Å². The van der Waals surface area contributed by atoms with Gasteiger partial charge in [0.2, 0.25) is 0 Å². The molecule has 0 bridgehead atoms. The third kappa shape index (κ3) is 3.85. The number of quaternary nitrogens is 1. The van der Waals surface area contributed by atoms with Gasteiger partial charge in [-0.25, -0.2) is 9.80 Å². The number of hydrogen-bond acceptors (Lipinski definition) is 2. The summed E-state index contributed by atoms with van der Waals surface area (Å²) in [6.45, 7) is 17.9. The first-order valence-electron chi connectivity index (χ1n) is 10.5. The molecular weight excluding hydrogens is 332 g/mol. The molecule has 0 N–H and O–H groups in total. The van der Waals surface area contributed by atoms with Crippen molar-refractivity contribution in [1.82, 2.24) is 5.01 Å². The maximum Gasteiger partial charge on any atom is 0.335 e. The second-order valence-corrected chi connectivity index (χ2v) is 9.46. The van der Waals surface area contributed by atoms with Crippen LogP contribution in [0.3, 0.4) is 0 Å². The standard InChI is InChI=1S/C24H39N2O/c1-8-10-14-22-17-23(4,5)26(20(3)27,24(6,7)18-22)25(9-2)19-21-15-12-11-13-16-21/h9,11-13,15-16,22H,2,8,10,14,17-19H2,1,3-7H3/q+1. The lowest BCUT2D eigenvalue weighted by Crippen LogP contribution is -2.80. The molecule has 1 fully saturated rings. The lowest BCUT2D eigenvalue weighted by atomic mass is 9.70. The number of nitrogens with zero attached hydrogens (tertiary/aromatic N) is 2. The minimum Gasteiger partial charge on any atom is -0.229 e. The minimum absolute atomic E-state index is 0.186. The van der Waals surface area contributed by atoms with Gasteiger partial charge in [-0.3, -0.25) is 0 Å². The maximum atomic E-state index is 13.3. The first-order chi connectivity index (χ1) is 12.6. The Morgan fingerprint density at radius 2 is 1.74 bits per heavy atom. The van der Waals surface area contributed by atoms with Crippen LogP contribution in [0.15, 0.2) is 43.1 Å². The van der Waals surface area contributed by atoms with E-state index < -0.39 is 0 Å². The van der Waals surface area contributed by atoms with E-state index >= 15 is 0 Å². The Morgan fingerprint density at radius 3 is 2.19 bits per heavy atom. The molecule has 1 heterocycles. The highest BCUT2D eigenvalue weighted by molar-refractivity contribution is 5.66. The second-order valence-electron chi connectivity index (χ2n) is 9.46. The van der Waals surface area contributed by atoms with E-state index in [1.54, 1.807) is 6.92 Å². The number of hydrogen-bond donors (Lipinski definition) is 0. The highest BCUT2D eigenvalue weighted by Crippen LogP contribution is 2.51. The first-order valence-corrected chi connectivity index (χ1v) is 10.5. The van der Waals surface area contributed by atoms with Crippen LogP contribution in [0.5, 0.6) is 0 Å². The van der Waals surface area contributed by atoms with Gasteiger partial charge in [0, 0.05) is 19.0 Å². The van der Waals surface area contributed by atoms with Gasteiger partial charge in [0.1, 0.15) is 11.1 Å². The lowest BCUT2D eigenvalue weighted by Gasteiger charge is -2.63. The fourth-order valence-electron chi connectivity index (χ4n) is 6.06. The lowest BCUT2D eigenvalue weighted by molar-refractivity contribution is -1.05. The Hall–Kier alpha value is -1.61. The van der Waals surface area contributed by atoms with Crippen molar-refractivity contribution in [3.8, 4) is 0 Å². The van der Waals surface area contributed by atoms with Gasteiger partial charge in [-0.2, -0.15) is 4.59 Å². The van der Waals surface area contributed by atoms with Crippen LogP contribution in [0.4, 0.5) is 0 Å². The molecule has 2 rings (SSSR count). The molecule has 1 amide bonds. The van der Waals surface area contributed by atoms with Gasteiger partial charge in [-0.15, -0.1) is 0 Å². The number of benzene rings is 1. The van der Waals surface area contributed by atoms with Crippen LogP contribution in [0.25, 0.3) is 0 Å². The number of likely N-dealkylation sites (tertiary alicyclic amines) is 1. The maximum absolute atomic E-state index is 13.3. The number of unbranched alkanes of at least 4 members (excludes halogenated alkanes) is 1. The van der Waals surface area contributed by atoms with Crippen molar-refractivity contribution in [2.75, 3.05) is 0 Å². The Kier molecular flexibility index (Phi) is 6.57. The Balaban J connectivity index is 2.50. The van der Waals surface area contributed by atoms with E-state index in [2.05, 4.69) is 70.5 Å². The van der Waals surface area contributed by atoms with Crippen molar-refractivity contribution in [3.05, 3.63) is 48.7 Å². The molecule has 1 aliphatic heterocycles. The van der Waals surface area contributed by atoms with Crippen molar-refractivity contribution in [2.45, 2.75) is 91.3 Å². The smallest absolute Gasteiger partial charge is 0.229 e. The summed E-state index contributed by atoms with van der Waals surface area (Å²) >= 11 is 0.